The summed E-state index contributed by atoms with van der Waals surface area (Å²) in [5.41, 5.74) is 8.48. The Kier molecular flexibility index (Phi) is 6.46. The van der Waals surface area contributed by atoms with E-state index >= 15 is 0 Å². The number of likely N-dealkylation sites (tertiary alicyclic amines) is 1. The number of nitrogens with zero attached hydrogens (tertiary/aromatic N) is 1. The van der Waals surface area contributed by atoms with Crippen molar-refractivity contribution in [3.05, 3.63) is 29.3 Å². The quantitative estimate of drug-likeness (QED) is 0.820. The Balaban J connectivity index is 1.71. The summed E-state index contributed by atoms with van der Waals surface area (Å²) < 4.78 is 5.75. The third kappa shape index (κ3) is 5.24. The van der Waals surface area contributed by atoms with E-state index in [4.69, 9.17) is 10.5 Å². The zero-order valence-corrected chi connectivity index (χ0v) is 14.7. The third-order valence-electron chi connectivity index (χ3n) is 4.84. The molecule has 23 heavy (non-hydrogen) atoms. The molecule has 0 aromatic heterocycles. The second kappa shape index (κ2) is 8.34. The van der Waals surface area contributed by atoms with Gasteiger partial charge in [0, 0.05) is 25.6 Å². The van der Waals surface area contributed by atoms with Crippen LogP contribution in [0.25, 0.3) is 0 Å². The number of carbonyl (C=O) groups is 1. The molecule has 1 aromatic rings. The van der Waals surface area contributed by atoms with Crippen molar-refractivity contribution < 1.29 is 9.53 Å². The molecular weight excluding hydrogens is 288 g/mol. The third-order valence-corrected chi connectivity index (χ3v) is 4.84. The number of hydrogen-bond acceptors (Lipinski definition) is 3. The van der Waals surface area contributed by atoms with Gasteiger partial charge < -0.3 is 15.4 Å². The smallest absolute Gasteiger partial charge is 0.222 e. The Bertz CT molecular complexity index is 528. The topological polar surface area (TPSA) is 55.6 Å². The van der Waals surface area contributed by atoms with Crippen LogP contribution in [-0.4, -0.2) is 36.5 Å². The monoisotopic (exact) mass is 318 g/mol. The first-order valence-corrected chi connectivity index (χ1v) is 8.71. The van der Waals surface area contributed by atoms with Gasteiger partial charge in [-0.1, -0.05) is 6.07 Å². The van der Waals surface area contributed by atoms with Crippen molar-refractivity contribution in [3.63, 3.8) is 0 Å². The summed E-state index contributed by atoms with van der Waals surface area (Å²) in [6.45, 7) is 8.48. The van der Waals surface area contributed by atoms with Crippen molar-refractivity contribution in [1.82, 2.24) is 4.90 Å². The van der Waals surface area contributed by atoms with Crippen LogP contribution in [0.3, 0.4) is 0 Å². The van der Waals surface area contributed by atoms with Crippen molar-refractivity contribution in [3.8, 4) is 5.75 Å². The summed E-state index contributed by atoms with van der Waals surface area (Å²) >= 11 is 0. The minimum Gasteiger partial charge on any atom is -0.494 e. The van der Waals surface area contributed by atoms with Crippen LogP contribution >= 0.6 is 0 Å². The summed E-state index contributed by atoms with van der Waals surface area (Å²) in [7, 11) is 0. The highest BCUT2D eigenvalue weighted by molar-refractivity contribution is 5.76. The van der Waals surface area contributed by atoms with Crippen molar-refractivity contribution in [2.24, 2.45) is 11.7 Å². The highest BCUT2D eigenvalue weighted by Gasteiger charge is 2.25. The Morgan fingerprint density at radius 2 is 2.17 bits per heavy atom. The van der Waals surface area contributed by atoms with Gasteiger partial charge in [-0.25, -0.2) is 0 Å². The van der Waals surface area contributed by atoms with Crippen LogP contribution in [0, 0.1) is 19.8 Å². The molecule has 0 radical (unpaired) electrons. The van der Waals surface area contributed by atoms with E-state index in [1.165, 1.54) is 11.1 Å². The van der Waals surface area contributed by atoms with Crippen molar-refractivity contribution >= 4 is 5.91 Å². The highest BCUT2D eigenvalue weighted by atomic mass is 16.5. The van der Waals surface area contributed by atoms with E-state index in [1.807, 2.05) is 17.9 Å². The fraction of sp³-hybridized carbons (Fsp3) is 0.632. The Morgan fingerprint density at radius 1 is 1.39 bits per heavy atom. The molecule has 1 aromatic carbocycles. The molecule has 0 aliphatic carbocycles. The summed E-state index contributed by atoms with van der Waals surface area (Å²) in [6.07, 6.45) is 3.51. The number of piperidine rings is 1. The first-order chi connectivity index (χ1) is 11.0. The summed E-state index contributed by atoms with van der Waals surface area (Å²) in [4.78, 5) is 14.3. The lowest BCUT2D eigenvalue weighted by molar-refractivity contribution is -0.133. The first-order valence-electron chi connectivity index (χ1n) is 8.71. The average Bonchev–Trinajstić information content (AvgIpc) is 2.54. The second-order valence-electron chi connectivity index (χ2n) is 6.80. The maximum Gasteiger partial charge on any atom is 0.222 e. The van der Waals surface area contributed by atoms with Gasteiger partial charge in [-0.15, -0.1) is 0 Å². The van der Waals surface area contributed by atoms with Crippen LogP contribution in [0.1, 0.15) is 43.7 Å². The van der Waals surface area contributed by atoms with E-state index in [0.29, 0.717) is 18.9 Å². The lowest BCUT2D eigenvalue weighted by Gasteiger charge is -2.34. The van der Waals surface area contributed by atoms with Gasteiger partial charge in [0.2, 0.25) is 5.91 Å². The van der Waals surface area contributed by atoms with Gasteiger partial charge in [-0.3, -0.25) is 4.79 Å². The molecule has 0 saturated carbocycles. The van der Waals surface area contributed by atoms with Crippen molar-refractivity contribution in [2.45, 2.75) is 52.5 Å². The van der Waals surface area contributed by atoms with Gasteiger partial charge in [0.05, 0.1) is 6.61 Å². The Labute approximate surface area is 140 Å². The van der Waals surface area contributed by atoms with E-state index in [0.717, 1.165) is 38.1 Å². The van der Waals surface area contributed by atoms with Crippen LogP contribution < -0.4 is 10.5 Å². The van der Waals surface area contributed by atoms with E-state index < -0.39 is 0 Å². The molecule has 2 atom stereocenters. The number of ether oxygens (including phenoxy) is 1. The molecule has 1 saturated heterocycles. The van der Waals surface area contributed by atoms with E-state index in [2.05, 4.69) is 26.0 Å². The largest absolute Gasteiger partial charge is 0.494 e. The molecule has 0 spiro atoms. The SMILES string of the molecule is Cc1ccc(OCCCC(=O)N2CCC[C@@H]([C@@H](C)N)C2)cc1C. The van der Waals surface area contributed by atoms with Crippen molar-refractivity contribution in [2.75, 3.05) is 19.7 Å². The van der Waals surface area contributed by atoms with Gasteiger partial charge in [0.15, 0.2) is 0 Å². The minimum atomic E-state index is 0.165. The molecular formula is C19H30N2O2. The van der Waals surface area contributed by atoms with Gasteiger partial charge in [-0.2, -0.15) is 0 Å². The number of hydrogen-bond donors (Lipinski definition) is 1. The number of benzene rings is 1. The number of rotatable bonds is 6. The number of aryl methyl sites for hydroxylation is 2. The average molecular weight is 318 g/mol. The molecule has 1 aliphatic rings. The summed E-state index contributed by atoms with van der Waals surface area (Å²) in [6, 6.07) is 6.27. The first kappa shape index (κ1) is 17.8. The van der Waals surface area contributed by atoms with E-state index in [9.17, 15) is 4.79 Å². The molecule has 2 rings (SSSR count). The second-order valence-corrected chi connectivity index (χ2v) is 6.80. The van der Waals surface area contributed by atoms with E-state index in [1.54, 1.807) is 0 Å². The summed E-state index contributed by atoms with van der Waals surface area (Å²) in [5.74, 6) is 1.56. The molecule has 4 nitrogen and oxygen atoms in total. The molecule has 0 bridgehead atoms. The molecule has 1 amide bonds. The molecule has 1 fully saturated rings. The van der Waals surface area contributed by atoms with Crippen LogP contribution in [-0.2, 0) is 4.79 Å². The maximum atomic E-state index is 12.3. The lowest BCUT2D eigenvalue weighted by Crippen LogP contribution is -2.45. The molecule has 1 aliphatic heterocycles. The normalized spacial score (nSPS) is 19.5. The van der Waals surface area contributed by atoms with Gasteiger partial charge in [0.25, 0.3) is 0 Å². The molecule has 4 heteroatoms. The van der Waals surface area contributed by atoms with Crippen LogP contribution in [0.5, 0.6) is 5.75 Å². The number of amides is 1. The lowest BCUT2D eigenvalue weighted by atomic mass is 9.92. The van der Waals surface area contributed by atoms with Crippen molar-refractivity contribution in [1.29, 1.82) is 0 Å². The van der Waals surface area contributed by atoms with Gasteiger partial charge in [-0.05, 0) is 69.2 Å². The van der Waals surface area contributed by atoms with Gasteiger partial charge >= 0.3 is 0 Å². The van der Waals surface area contributed by atoms with Gasteiger partial charge in [0.1, 0.15) is 5.75 Å². The van der Waals surface area contributed by atoms with Crippen LogP contribution in [0.15, 0.2) is 18.2 Å². The number of carbonyl (C=O) groups excluding carboxylic acids is 1. The summed E-state index contributed by atoms with van der Waals surface area (Å²) in [5, 5.41) is 0. The maximum absolute atomic E-state index is 12.3. The predicted molar refractivity (Wildman–Crippen MR) is 93.6 cm³/mol. The molecule has 0 unspecified atom stereocenters. The molecule has 2 N–H and O–H groups in total. The molecule has 1 heterocycles. The molecule has 128 valence electrons. The van der Waals surface area contributed by atoms with E-state index in [-0.39, 0.29) is 11.9 Å². The Morgan fingerprint density at radius 3 is 2.87 bits per heavy atom. The predicted octanol–water partition coefficient (Wildman–Crippen LogP) is 3.05. The highest BCUT2D eigenvalue weighted by Crippen LogP contribution is 2.20. The fourth-order valence-corrected chi connectivity index (χ4v) is 3.04. The zero-order chi connectivity index (χ0) is 16.8. The number of nitrogens with two attached hydrogens (primary N) is 1. The Hall–Kier alpha value is -1.55. The zero-order valence-electron chi connectivity index (χ0n) is 14.7. The van der Waals surface area contributed by atoms with Crippen LogP contribution in [0.2, 0.25) is 0 Å². The fourth-order valence-electron chi connectivity index (χ4n) is 3.04. The van der Waals surface area contributed by atoms with Crippen LogP contribution in [0.4, 0.5) is 0 Å². The standard InChI is InChI=1S/C19H30N2O2/c1-14-8-9-18(12-15(14)2)23-11-5-7-19(22)21-10-4-6-17(13-21)16(3)20/h8-9,12,16-17H,4-7,10-11,13,20H2,1-3H3/t16-,17-/m1/s1. The minimum absolute atomic E-state index is 0.165.